The second kappa shape index (κ2) is 11.5. The molecule has 2 aromatic carbocycles. The fraction of sp³-hybridized carbons (Fsp3) is 0.136. The van der Waals surface area contributed by atoms with Crippen LogP contribution in [0.1, 0.15) is 33.0 Å². The summed E-state index contributed by atoms with van der Waals surface area (Å²) < 4.78 is 97.3. The molecule has 1 atom stereocenters. The summed E-state index contributed by atoms with van der Waals surface area (Å²) in [6.45, 7) is 0. The zero-order chi connectivity index (χ0) is 28.4. The van der Waals surface area contributed by atoms with Crippen molar-refractivity contribution in [2.75, 3.05) is 5.43 Å². The van der Waals surface area contributed by atoms with Crippen LogP contribution < -0.4 is 10.9 Å². The van der Waals surface area contributed by atoms with E-state index >= 15 is 0 Å². The average Bonchev–Trinajstić information content (AvgIpc) is 2.82. The molecule has 0 saturated carbocycles. The molecular formula is C22H11Cl4F7N4O. The van der Waals surface area contributed by atoms with Gasteiger partial charge in [0.25, 0.3) is 5.91 Å². The predicted octanol–water partition coefficient (Wildman–Crippen LogP) is 8.52. The first kappa shape index (κ1) is 29.8. The van der Waals surface area contributed by atoms with E-state index < -0.39 is 52.3 Å². The summed E-state index contributed by atoms with van der Waals surface area (Å²) in [6.07, 6.45) is -7.93. The van der Waals surface area contributed by atoms with Gasteiger partial charge in [-0.2, -0.15) is 26.3 Å². The number of anilines is 1. The van der Waals surface area contributed by atoms with Crippen LogP contribution in [0, 0.1) is 0 Å². The van der Waals surface area contributed by atoms with Gasteiger partial charge in [0, 0.05) is 5.56 Å². The molecule has 0 saturated heterocycles. The van der Waals surface area contributed by atoms with Crippen molar-refractivity contribution in [3.63, 3.8) is 0 Å². The Labute approximate surface area is 229 Å². The van der Waals surface area contributed by atoms with E-state index in [9.17, 15) is 35.5 Å². The number of rotatable bonds is 6. The van der Waals surface area contributed by atoms with Crippen molar-refractivity contribution >= 4 is 64.0 Å². The topological polar surface area (TPSA) is 66.9 Å². The van der Waals surface area contributed by atoms with Gasteiger partial charge in [-0.1, -0.05) is 52.5 Å². The molecule has 0 aliphatic rings. The minimum absolute atomic E-state index is 0.0600. The molecule has 1 aromatic heterocycles. The molecule has 1 amide bonds. The van der Waals surface area contributed by atoms with Gasteiger partial charge in [-0.05, 0) is 35.9 Å². The summed E-state index contributed by atoms with van der Waals surface area (Å²) >= 11 is 22.9. The van der Waals surface area contributed by atoms with Gasteiger partial charge in [0.1, 0.15) is 16.9 Å². The number of alkyl halides is 6. The van der Waals surface area contributed by atoms with Crippen molar-refractivity contribution < 1.29 is 35.5 Å². The lowest BCUT2D eigenvalue weighted by Crippen LogP contribution is -2.31. The normalized spacial score (nSPS) is 13.3. The summed E-state index contributed by atoms with van der Waals surface area (Å²) in [7, 11) is 0. The van der Waals surface area contributed by atoms with Crippen LogP contribution in [-0.4, -0.2) is 22.1 Å². The molecule has 1 unspecified atom stereocenters. The zero-order valence-corrected chi connectivity index (χ0v) is 21.2. The molecular weight excluding hydrogens is 611 g/mol. The number of hydrazine groups is 1. The number of nitrogens with one attached hydrogen (secondary N) is 2. The fourth-order valence-corrected chi connectivity index (χ4v) is 3.85. The van der Waals surface area contributed by atoms with E-state index in [2.05, 4.69) is 15.4 Å². The number of aromatic nitrogens is 2. The highest BCUT2D eigenvalue weighted by atomic mass is 35.5. The van der Waals surface area contributed by atoms with Crippen molar-refractivity contribution in [2.45, 2.75) is 18.3 Å². The first-order valence-corrected chi connectivity index (χ1v) is 11.4. The molecule has 0 radical (unpaired) electrons. The van der Waals surface area contributed by atoms with Gasteiger partial charge in [-0.3, -0.25) is 20.6 Å². The summed E-state index contributed by atoms with van der Waals surface area (Å²) in [4.78, 5) is 19.8. The minimum Gasteiger partial charge on any atom is -0.280 e. The molecule has 1 heterocycles. The Balaban J connectivity index is 1.98. The SMILES string of the molecule is O=C(NNc1cncc(Cl)n1)c1ccc(C(F)=CC(c2cc(Cl)c(Cl)c(Cl)c2)C(F)(F)F)cc1C(F)(F)F. The van der Waals surface area contributed by atoms with E-state index in [1.165, 1.54) is 0 Å². The molecule has 5 nitrogen and oxygen atoms in total. The smallest absolute Gasteiger partial charge is 0.280 e. The largest absolute Gasteiger partial charge is 0.417 e. The second-order valence-corrected chi connectivity index (χ2v) is 8.98. The van der Waals surface area contributed by atoms with E-state index in [1.807, 2.05) is 5.43 Å². The summed E-state index contributed by atoms with van der Waals surface area (Å²) in [6, 6.07) is 3.14. The van der Waals surface area contributed by atoms with Crippen LogP contribution in [0.5, 0.6) is 0 Å². The number of nitrogens with zero attached hydrogens (tertiary/aromatic N) is 2. The number of amides is 1. The lowest BCUT2D eigenvalue weighted by Gasteiger charge is -2.19. The number of allylic oxidation sites excluding steroid dienone is 1. The fourth-order valence-electron chi connectivity index (χ4n) is 3.09. The molecule has 0 aliphatic heterocycles. The van der Waals surface area contributed by atoms with Gasteiger partial charge in [-0.15, -0.1) is 0 Å². The first-order valence-electron chi connectivity index (χ1n) is 9.92. The molecule has 202 valence electrons. The Kier molecular flexibility index (Phi) is 9.02. The minimum atomic E-state index is -5.18. The lowest BCUT2D eigenvalue weighted by molar-refractivity contribution is -0.140. The number of carbonyl (C=O) groups is 1. The van der Waals surface area contributed by atoms with Crippen LogP contribution >= 0.6 is 46.4 Å². The van der Waals surface area contributed by atoms with Crippen LogP contribution in [-0.2, 0) is 6.18 Å². The zero-order valence-electron chi connectivity index (χ0n) is 18.2. The Morgan fingerprint density at radius 2 is 1.58 bits per heavy atom. The van der Waals surface area contributed by atoms with E-state index in [0.717, 1.165) is 24.5 Å². The van der Waals surface area contributed by atoms with E-state index in [4.69, 9.17) is 46.4 Å². The number of halogens is 11. The van der Waals surface area contributed by atoms with Crippen molar-refractivity contribution in [2.24, 2.45) is 0 Å². The van der Waals surface area contributed by atoms with Crippen LogP contribution in [0.4, 0.5) is 36.6 Å². The third-order valence-corrected chi connectivity index (χ3v) is 6.16. The van der Waals surface area contributed by atoms with Crippen LogP contribution in [0.15, 0.2) is 48.8 Å². The summed E-state index contributed by atoms with van der Waals surface area (Å²) in [5, 5.41) is -0.996. The first-order chi connectivity index (χ1) is 17.6. The van der Waals surface area contributed by atoms with Gasteiger partial charge in [0.15, 0.2) is 5.82 Å². The van der Waals surface area contributed by atoms with Gasteiger partial charge >= 0.3 is 12.4 Å². The summed E-state index contributed by atoms with van der Waals surface area (Å²) in [5.74, 6) is -5.71. The van der Waals surface area contributed by atoms with E-state index in [1.54, 1.807) is 0 Å². The number of carbonyl (C=O) groups excluding carboxylic acids is 1. The van der Waals surface area contributed by atoms with Gasteiger partial charge in [0.05, 0.1) is 38.6 Å². The van der Waals surface area contributed by atoms with Gasteiger partial charge in [0.2, 0.25) is 0 Å². The van der Waals surface area contributed by atoms with Crippen molar-refractivity contribution in [3.8, 4) is 0 Å². The maximum atomic E-state index is 15.0. The lowest BCUT2D eigenvalue weighted by atomic mass is 9.95. The average molecular weight is 622 g/mol. The second-order valence-electron chi connectivity index (χ2n) is 7.40. The molecule has 2 N–H and O–H groups in total. The molecule has 0 fully saturated rings. The monoisotopic (exact) mass is 620 g/mol. The number of benzene rings is 2. The number of hydrogen-bond acceptors (Lipinski definition) is 4. The summed E-state index contributed by atoms with van der Waals surface area (Å²) in [5.41, 5.74) is 0.109. The highest BCUT2D eigenvalue weighted by Gasteiger charge is 2.41. The van der Waals surface area contributed by atoms with E-state index in [0.29, 0.717) is 12.1 Å². The third kappa shape index (κ3) is 7.19. The Bertz CT molecular complexity index is 1370. The highest BCUT2D eigenvalue weighted by molar-refractivity contribution is 6.48. The van der Waals surface area contributed by atoms with Crippen LogP contribution in [0.3, 0.4) is 0 Å². The molecule has 3 aromatic rings. The van der Waals surface area contributed by atoms with Crippen molar-refractivity contribution in [1.29, 1.82) is 0 Å². The van der Waals surface area contributed by atoms with E-state index in [-0.39, 0.29) is 38.2 Å². The quantitative estimate of drug-likeness (QED) is 0.164. The Morgan fingerprint density at radius 3 is 2.13 bits per heavy atom. The Morgan fingerprint density at radius 1 is 0.947 bits per heavy atom. The third-order valence-electron chi connectivity index (χ3n) is 4.79. The Hall–Kier alpha value is -2.80. The molecule has 16 heteroatoms. The molecule has 38 heavy (non-hydrogen) atoms. The highest BCUT2D eigenvalue weighted by Crippen LogP contribution is 2.42. The predicted molar refractivity (Wildman–Crippen MR) is 129 cm³/mol. The molecule has 0 spiro atoms. The molecule has 3 rings (SSSR count). The molecule has 0 bridgehead atoms. The molecule has 0 aliphatic carbocycles. The van der Waals surface area contributed by atoms with Crippen LogP contribution in [0.2, 0.25) is 20.2 Å². The van der Waals surface area contributed by atoms with Crippen molar-refractivity contribution in [1.82, 2.24) is 15.4 Å². The standard InChI is InChI=1S/C22H11Cl4F7N4O/c23-14-4-10(5-15(24)19(14)26)12(21(28,29)30)6-16(27)9-1-2-11(13(3-9)22(31,32)33)20(38)37-36-18-8-34-7-17(25)35-18/h1-8,12H,(H,35,36)(H,37,38). The maximum absolute atomic E-state index is 15.0. The van der Waals surface area contributed by atoms with Crippen LogP contribution in [0.25, 0.3) is 5.83 Å². The van der Waals surface area contributed by atoms with Crippen molar-refractivity contribution in [3.05, 3.63) is 91.3 Å². The maximum Gasteiger partial charge on any atom is 0.417 e. The van der Waals surface area contributed by atoms with Gasteiger partial charge < -0.3 is 0 Å². The number of hydrogen-bond donors (Lipinski definition) is 2. The van der Waals surface area contributed by atoms with Gasteiger partial charge in [-0.25, -0.2) is 9.37 Å².